The van der Waals surface area contributed by atoms with Crippen molar-refractivity contribution in [3.05, 3.63) is 125 Å². The number of nitrogens with one attached hydrogen (secondary N) is 1. The van der Waals surface area contributed by atoms with Gasteiger partial charge in [0.15, 0.2) is 0 Å². The molecular formula is C31H28ClN3O. The van der Waals surface area contributed by atoms with Gasteiger partial charge in [-0.15, -0.1) is 0 Å². The van der Waals surface area contributed by atoms with E-state index in [2.05, 4.69) is 55.6 Å². The Labute approximate surface area is 217 Å². The van der Waals surface area contributed by atoms with Gasteiger partial charge in [0.1, 0.15) is 0 Å². The number of benzene rings is 4. The minimum atomic E-state index is -0.256. The van der Waals surface area contributed by atoms with Crippen molar-refractivity contribution in [3.63, 3.8) is 0 Å². The second-order valence-corrected chi connectivity index (χ2v) is 9.75. The maximum absolute atomic E-state index is 13.4. The number of hydrazone groups is 1. The molecule has 1 unspecified atom stereocenters. The Morgan fingerprint density at radius 1 is 0.833 bits per heavy atom. The van der Waals surface area contributed by atoms with E-state index in [4.69, 9.17) is 16.7 Å². The van der Waals surface area contributed by atoms with Gasteiger partial charge in [-0.2, -0.15) is 5.10 Å². The molecule has 0 bridgehead atoms. The lowest BCUT2D eigenvalue weighted by atomic mass is 9.96. The SMILES string of the molecule is CC(C)c1ccc(NC(=O)N2N=C(c3ccc(Cl)cc3)CC2c2ccc(-c3ccccc3)cc2)cc1. The number of hydrogen-bond acceptors (Lipinski definition) is 2. The zero-order chi connectivity index (χ0) is 25.1. The van der Waals surface area contributed by atoms with Crippen LogP contribution >= 0.6 is 11.6 Å². The Hall–Kier alpha value is -3.89. The first kappa shape index (κ1) is 23.8. The van der Waals surface area contributed by atoms with Crippen LogP contribution in [0.3, 0.4) is 0 Å². The van der Waals surface area contributed by atoms with Crippen LogP contribution in [0.5, 0.6) is 0 Å². The molecule has 0 aliphatic carbocycles. The lowest BCUT2D eigenvalue weighted by Crippen LogP contribution is -2.31. The van der Waals surface area contributed by atoms with E-state index >= 15 is 0 Å². The standard InChI is InChI=1S/C31H28ClN3O/c1-21(2)22-14-18-28(19-15-22)33-31(36)35-30(20-29(34-35)25-12-16-27(32)17-13-25)26-10-8-24(9-11-26)23-6-4-3-5-7-23/h3-19,21,30H,20H2,1-2H3,(H,33,36). The minimum Gasteiger partial charge on any atom is -0.306 e. The number of urea groups is 1. The highest BCUT2D eigenvalue weighted by molar-refractivity contribution is 6.30. The minimum absolute atomic E-state index is 0.213. The summed E-state index contributed by atoms with van der Waals surface area (Å²) in [6, 6.07) is 33.8. The van der Waals surface area contributed by atoms with Crippen LogP contribution in [0.15, 0.2) is 108 Å². The fourth-order valence-corrected chi connectivity index (χ4v) is 4.56. The Bertz CT molecular complexity index is 1360. The van der Waals surface area contributed by atoms with Crippen LogP contribution in [-0.4, -0.2) is 16.8 Å². The third-order valence-corrected chi connectivity index (χ3v) is 6.78. The summed E-state index contributed by atoms with van der Waals surface area (Å²) >= 11 is 6.09. The molecule has 1 N–H and O–H groups in total. The molecular weight excluding hydrogens is 466 g/mol. The molecule has 0 spiro atoms. The van der Waals surface area contributed by atoms with Crippen molar-refractivity contribution < 1.29 is 4.79 Å². The Morgan fingerprint density at radius 2 is 1.44 bits per heavy atom. The Balaban J connectivity index is 1.42. The number of carbonyl (C=O) groups is 1. The van der Waals surface area contributed by atoms with Gasteiger partial charge in [0.2, 0.25) is 0 Å². The van der Waals surface area contributed by atoms with E-state index in [9.17, 15) is 4.79 Å². The molecule has 5 rings (SSSR count). The van der Waals surface area contributed by atoms with Crippen molar-refractivity contribution in [3.8, 4) is 11.1 Å². The largest absolute Gasteiger partial charge is 0.342 e. The molecule has 180 valence electrons. The van der Waals surface area contributed by atoms with Gasteiger partial charge in [-0.25, -0.2) is 9.80 Å². The van der Waals surface area contributed by atoms with Gasteiger partial charge in [-0.1, -0.05) is 104 Å². The van der Waals surface area contributed by atoms with Crippen LogP contribution < -0.4 is 5.32 Å². The fraction of sp³-hybridized carbons (Fsp3) is 0.161. The number of rotatable bonds is 5. The van der Waals surface area contributed by atoms with Gasteiger partial charge in [-0.05, 0) is 58.0 Å². The molecule has 5 heteroatoms. The van der Waals surface area contributed by atoms with Crippen molar-refractivity contribution in [2.45, 2.75) is 32.2 Å². The lowest BCUT2D eigenvalue weighted by molar-refractivity contribution is 0.200. The molecule has 1 atom stereocenters. The molecule has 4 aromatic rings. The summed E-state index contributed by atoms with van der Waals surface area (Å²) in [4.78, 5) is 13.4. The molecule has 0 aromatic heterocycles. The Kier molecular flexibility index (Phi) is 6.88. The molecule has 1 aliphatic heterocycles. The third kappa shape index (κ3) is 5.19. The van der Waals surface area contributed by atoms with Crippen molar-refractivity contribution in [2.24, 2.45) is 5.10 Å². The van der Waals surface area contributed by atoms with E-state index in [0.29, 0.717) is 17.4 Å². The second kappa shape index (κ2) is 10.4. The first-order valence-electron chi connectivity index (χ1n) is 12.2. The summed E-state index contributed by atoms with van der Waals surface area (Å²) in [5.41, 5.74) is 7.13. The van der Waals surface area contributed by atoms with Crippen LogP contribution in [-0.2, 0) is 0 Å². The predicted octanol–water partition coefficient (Wildman–Crippen LogP) is 8.51. The third-order valence-electron chi connectivity index (χ3n) is 6.53. The first-order valence-corrected chi connectivity index (χ1v) is 12.5. The molecule has 0 saturated carbocycles. The summed E-state index contributed by atoms with van der Waals surface area (Å²) in [6.07, 6.45) is 0.617. The second-order valence-electron chi connectivity index (χ2n) is 9.31. The van der Waals surface area contributed by atoms with Crippen LogP contribution in [0, 0.1) is 0 Å². The molecule has 36 heavy (non-hydrogen) atoms. The topological polar surface area (TPSA) is 44.7 Å². The van der Waals surface area contributed by atoms with Crippen LogP contribution in [0.1, 0.15) is 48.9 Å². The van der Waals surface area contributed by atoms with Gasteiger partial charge in [0.05, 0.1) is 11.8 Å². The fourth-order valence-electron chi connectivity index (χ4n) is 4.43. The highest BCUT2D eigenvalue weighted by atomic mass is 35.5. The van der Waals surface area contributed by atoms with Crippen LogP contribution in [0.4, 0.5) is 10.5 Å². The first-order chi connectivity index (χ1) is 17.5. The van der Waals surface area contributed by atoms with Gasteiger partial charge < -0.3 is 5.32 Å². The predicted molar refractivity (Wildman–Crippen MR) is 149 cm³/mol. The average molecular weight is 494 g/mol. The molecule has 0 fully saturated rings. The molecule has 1 aliphatic rings. The maximum Gasteiger partial charge on any atom is 0.342 e. The highest BCUT2D eigenvalue weighted by Crippen LogP contribution is 2.34. The number of carbonyl (C=O) groups excluding carboxylic acids is 1. The maximum atomic E-state index is 13.4. The van der Waals surface area contributed by atoms with Crippen molar-refractivity contribution in [1.82, 2.24) is 5.01 Å². The zero-order valence-electron chi connectivity index (χ0n) is 20.4. The summed E-state index contributed by atoms with van der Waals surface area (Å²) in [5, 5.41) is 10.0. The number of anilines is 1. The summed E-state index contributed by atoms with van der Waals surface area (Å²) in [7, 11) is 0. The number of hydrogen-bond donors (Lipinski definition) is 1. The van der Waals surface area contributed by atoms with Gasteiger partial charge in [0, 0.05) is 17.1 Å². The van der Waals surface area contributed by atoms with Crippen molar-refractivity contribution in [2.75, 3.05) is 5.32 Å². The monoisotopic (exact) mass is 493 g/mol. The molecule has 1 heterocycles. The van der Waals surface area contributed by atoms with Crippen LogP contribution in [0.2, 0.25) is 5.02 Å². The summed E-state index contributed by atoms with van der Waals surface area (Å²) in [6.45, 7) is 4.30. The number of nitrogens with zero attached hydrogens (tertiary/aromatic N) is 2. The number of halogens is 1. The molecule has 4 aromatic carbocycles. The van der Waals surface area contributed by atoms with Gasteiger partial charge in [-0.3, -0.25) is 0 Å². The van der Waals surface area contributed by atoms with Crippen molar-refractivity contribution in [1.29, 1.82) is 0 Å². The van der Waals surface area contributed by atoms with E-state index in [0.717, 1.165) is 33.7 Å². The molecule has 0 radical (unpaired) electrons. The summed E-state index contributed by atoms with van der Waals surface area (Å²) < 4.78 is 0. The number of amides is 2. The molecule has 0 saturated heterocycles. The van der Waals surface area contributed by atoms with Crippen LogP contribution in [0.25, 0.3) is 11.1 Å². The van der Waals surface area contributed by atoms with E-state index in [-0.39, 0.29) is 12.1 Å². The quantitative estimate of drug-likeness (QED) is 0.297. The van der Waals surface area contributed by atoms with E-state index in [1.54, 1.807) is 5.01 Å². The van der Waals surface area contributed by atoms with Crippen molar-refractivity contribution >= 4 is 29.0 Å². The van der Waals surface area contributed by atoms with E-state index in [1.165, 1.54) is 5.56 Å². The highest BCUT2D eigenvalue weighted by Gasteiger charge is 2.33. The van der Waals surface area contributed by atoms with Gasteiger partial charge in [0.25, 0.3) is 0 Å². The molecule has 4 nitrogen and oxygen atoms in total. The lowest BCUT2D eigenvalue weighted by Gasteiger charge is -2.23. The summed E-state index contributed by atoms with van der Waals surface area (Å²) in [5.74, 6) is 0.433. The molecule has 2 amide bonds. The normalized spacial score (nSPS) is 15.2. The zero-order valence-corrected chi connectivity index (χ0v) is 21.1. The van der Waals surface area contributed by atoms with Gasteiger partial charge >= 0.3 is 6.03 Å². The Morgan fingerprint density at radius 3 is 2.08 bits per heavy atom. The average Bonchev–Trinajstić information content (AvgIpc) is 3.36. The van der Waals surface area contributed by atoms with E-state index in [1.807, 2.05) is 66.7 Å². The smallest absolute Gasteiger partial charge is 0.306 e. The van der Waals surface area contributed by atoms with E-state index < -0.39 is 0 Å².